The molecule has 3 aromatic rings. The molecule has 2 aliphatic rings. The highest BCUT2D eigenvalue weighted by Gasteiger charge is 2.38. The first-order valence-corrected chi connectivity index (χ1v) is 13.5. The smallest absolute Gasteiger partial charge is 0.237 e. The molecule has 3 heterocycles. The number of amides is 1. The lowest BCUT2D eigenvalue weighted by Gasteiger charge is -2.25. The number of fused-ring (bicyclic) bond motifs is 1. The van der Waals surface area contributed by atoms with E-state index in [0.29, 0.717) is 24.2 Å². The van der Waals surface area contributed by atoms with Crippen LogP contribution in [0.25, 0.3) is 5.69 Å². The third-order valence-electron chi connectivity index (χ3n) is 6.96. The Morgan fingerprint density at radius 1 is 1.11 bits per heavy atom. The van der Waals surface area contributed by atoms with Gasteiger partial charge in [0.25, 0.3) is 0 Å². The molecule has 3 N–H and O–H groups in total. The van der Waals surface area contributed by atoms with Crippen molar-refractivity contribution < 1.29 is 13.2 Å². The molecule has 0 bridgehead atoms. The predicted molar refractivity (Wildman–Crippen MR) is 133 cm³/mol. The number of rotatable bonds is 6. The summed E-state index contributed by atoms with van der Waals surface area (Å²) in [7, 11) is -3.69. The highest BCUT2D eigenvalue weighted by molar-refractivity contribution is 7.91. The number of hydrogen-bond donors (Lipinski definition) is 3. The zero-order valence-corrected chi connectivity index (χ0v) is 20.8. The van der Waals surface area contributed by atoms with Crippen LogP contribution < -0.4 is 16.0 Å². The Labute approximate surface area is 206 Å². The van der Waals surface area contributed by atoms with Crippen LogP contribution in [0.2, 0.25) is 0 Å². The third kappa shape index (κ3) is 4.89. The molecule has 8 nitrogen and oxygen atoms in total. The third-order valence-corrected chi connectivity index (χ3v) is 8.73. The number of hydrogen-bond acceptors (Lipinski definition) is 6. The average molecular weight is 494 g/mol. The van der Waals surface area contributed by atoms with Crippen LogP contribution in [0.15, 0.2) is 64.4 Å². The van der Waals surface area contributed by atoms with Gasteiger partial charge in [-0.3, -0.25) is 4.79 Å². The van der Waals surface area contributed by atoms with Crippen LogP contribution in [0.1, 0.15) is 29.8 Å². The van der Waals surface area contributed by atoms with Gasteiger partial charge in [0.2, 0.25) is 15.7 Å². The summed E-state index contributed by atoms with van der Waals surface area (Å²) in [6.07, 6.45) is 1.89. The number of carbonyl (C=O) groups is 1. The van der Waals surface area contributed by atoms with Crippen LogP contribution in [0, 0.1) is 19.8 Å². The second kappa shape index (κ2) is 9.56. The van der Waals surface area contributed by atoms with Crippen LogP contribution in [0.4, 0.5) is 0 Å². The van der Waals surface area contributed by atoms with E-state index in [4.69, 9.17) is 0 Å². The van der Waals surface area contributed by atoms with Crippen LogP contribution >= 0.6 is 0 Å². The molecule has 5 rings (SSSR count). The van der Waals surface area contributed by atoms with E-state index in [2.05, 4.69) is 21.0 Å². The van der Waals surface area contributed by atoms with Gasteiger partial charge >= 0.3 is 0 Å². The van der Waals surface area contributed by atoms with Crippen molar-refractivity contribution in [2.45, 2.75) is 55.1 Å². The standard InChI is InChI=1S/C26H31N5O3S/c1-17-12-18(2)31(30-17)21-4-3-5-23(14-21)35(33,34)22-8-6-19(7-9-22)15-28-26(32)25-13-20-16-27-11-10-24(20)29-25/h3-9,12,14,20,24-25,27,29H,10-11,13,15-16H2,1-2H3,(H,28,32). The molecular formula is C26H31N5O3S. The van der Waals surface area contributed by atoms with Crippen molar-refractivity contribution in [2.75, 3.05) is 13.1 Å². The van der Waals surface area contributed by atoms with E-state index in [-0.39, 0.29) is 21.7 Å². The Kier molecular flexibility index (Phi) is 6.48. The van der Waals surface area contributed by atoms with Gasteiger partial charge in [0, 0.05) is 18.3 Å². The molecule has 2 aliphatic heterocycles. The molecule has 9 heteroatoms. The molecule has 35 heavy (non-hydrogen) atoms. The highest BCUT2D eigenvalue weighted by atomic mass is 32.2. The number of carbonyl (C=O) groups excluding carboxylic acids is 1. The van der Waals surface area contributed by atoms with Crippen molar-refractivity contribution in [1.82, 2.24) is 25.7 Å². The molecule has 184 valence electrons. The zero-order chi connectivity index (χ0) is 24.6. The van der Waals surface area contributed by atoms with Crippen LogP contribution in [0.5, 0.6) is 0 Å². The van der Waals surface area contributed by atoms with Crippen LogP contribution in [-0.2, 0) is 21.2 Å². The van der Waals surface area contributed by atoms with E-state index in [1.165, 1.54) is 0 Å². The largest absolute Gasteiger partial charge is 0.351 e. The lowest BCUT2D eigenvalue weighted by Crippen LogP contribution is -2.45. The summed E-state index contributed by atoms with van der Waals surface area (Å²) in [5.41, 5.74) is 3.36. The van der Waals surface area contributed by atoms with Crippen molar-refractivity contribution in [3.8, 4) is 5.69 Å². The van der Waals surface area contributed by atoms with Gasteiger partial charge in [-0.2, -0.15) is 5.10 Å². The van der Waals surface area contributed by atoms with Gasteiger partial charge in [-0.1, -0.05) is 18.2 Å². The summed E-state index contributed by atoms with van der Waals surface area (Å²) in [6, 6.07) is 15.7. The monoisotopic (exact) mass is 493 g/mol. The van der Waals surface area contributed by atoms with Gasteiger partial charge in [0.05, 0.1) is 27.2 Å². The average Bonchev–Trinajstić information content (AvgIpc) is 3.45. The SMILES string of the molecule is Cc1cc(C)n(-c2cccc(S(=O)(=O)c3ccc(CNC(=O)C4CC5CNCCC5N4)cc3)c2)n1. The minimum Gasteiger partial charge on any atom is -0.351 e. The van der Waals surface area contributed by atoms with E-state index < -0.39 is 9.84 Å². The second-order valence-electron chi connectivity index (χ2n) is 9.52. The molecule has 3 unspecified atom stereocenters. The first-order valence-electron chi connectivity index (χ1n) is 12.0. The molecule has 3 atom stereocenters. The Bertz CT molecular complexity index is 1320. The van der Waals surface area contributed by atoms with Gasteiger partial charge in [-0.05, 0) is 87.7 Å². The molecule has 2 fully saturated rings. The van der Waals surface area contributed by atoms with Gasteiger partial charge in [-0.15, -0.1) is 0 Å². The van der Waals surface area contributed by atoms with E-state index in [1.807, 2.05) is 26.0 Å². The fourth-order valence-electron chi connectivity index (χ4n) is 5.11. The van der Waals surface area contributed by atoms with Crippen molar-refractivity contribution in [1.29, 1.82) is 0 Å². The number of sulfone groups is 1. The fraction of sp³-hybridized carbons (Fsp3) is 0.385. The van der Waals surface area contributed by atoms with Crippen molar-refractivity contribution in [3.63, 3.8) is 0 Å². The molecular weight excluding hydrogens is 462 g/mol. The Morgan fingerprint density at radius 3 is 2.63 bits per heavy atom. The normalized spacial score (nSPS) is 22.1. The number of piperidine rings is 1. The Morgan fingerprint density at radius 2 is 1.91 bits per heavy atom. The lowest BCUT2D eigenvalue weighted by atomic mass is 9.94. The molecule has 0 aliphatic carbocycles. The zero-order valence-electron chi connectivity index (χ0n) is 20.0. The molecule has 0 radical (unpaired) electrons. The van der Waals surface area contributed by atoms with Gasteiger partial charge in [0.15, 0.2) is 0 Å². The number of nitrogens with zero attached hydrogens (tertiary/aromatic N) is 2. The van der Waals surface area contributed by atoms with Crippen LogP contribution in [-0.4, -0.2) is 49.3 Å². The molecule has 0 saturated carbocycles. The summed E-state index contributed by atoms with van der Waals surface area (Å²) >= 11 is 0. The summed E-state index contributed by atoms with van der Waals surface area (Å²) in [6.45, 7) is 6.15. The van der Waals surface area contributed by atoms with Crippen molar-refractivity contribution in [3.05, 3.63) is 71.5 Å². The number of aryl methyl sites for hydroxylation is 2. The molecule has 1 amide bonds. The second-order valence-corrected chi connectivity index (χ2v) is 11.5. The minimum absolute atomic E-state index is 0.00272. The first-order chi connectivity index (χ1) is 16.8. The lowest BCUT2D eigenvalue weighted by molar-refractivity contribution is -0.123. The van der Waals surface area contributed by atoms with E-state index in [0.717, 1.165) is 42.9 Å². The summed E-state index contributed by atoms with van der Waals surface area (Å²) < 4.78 is 28.3. The number of benzene rings is 2. The predicted octanol–water partition coefficient (Wildman–Crippen LogP) is 2.28. The quantitative estimate of drug-likeness (QED) is 0.487. The van der Waals surface area contributed by atoms with Gasteiger partial charge in [0.1, 0.15) is 0 Å². The van der Waals surface area contributed by atoms with Crippen molar-refractivity contribution >= 4 is 15.7 Å². The molecule has 2 saturated heterocycles. The minimum atomic E-state index is -3.69. The first kappa shape index (κ1) is 23.7. The summed E-state index contributed by atoms with van der Waals surface area (Å²) in [5.74, 6) is 0.501. The maximum absolute atomic E-state index is 13.3. The fourth-order valence-corrected chi connectivity index (χ4v) is 6.41. The maximum atomic E-state index is 13.3. The number of nitrogens with one attached hydrogen (secondary N) is 3. The Hall–Kier alpha value is -3.01. The van der Waals surface area contributed by atoms with E-state index in [9.17, 15) is 13.2 Å². The topological polar surface area (TPSA) is 105 Å². The van der Waals surface area contributed by atoms with E-state index >= 15 is 0 Å². The van der Waals surface area contributed by atoms with Gasteiger partial charge < -0.3 is 16.0 Å². The van der Waals surface area contributed by atoms with Crippen LogP contribution in [0.3, 0.4) is 0 Å². The molecule has 0 spiro atoms. The maximum Gasteiger partial charge on any atom is 0.237 e. The van der Waals surface area contributed by atoms with Gasteiger partial charge in [-0.25, -0.2) is 13.1 Å². The summed E-state index contributed by atoms with van der Waals surface area (Å²) in [5, 5.41) is 14.3. The number of aromatic nitrogens is 2. The highest BCUT2D eigenvalue weighted by Crippen LogP contribution is 2.26. The van der Waals surface area contributed by atoms with Crippen molar-refractivity contribution in [2.24, 2.45) is 5.92 Å². The van der Waals surface area contributed by atoms with E-state index in [1.54, 1.807) is 47.1 Å². The summed E-state index contributed by atoms with van der Waals surface area (Å²) in [4.78, 5) is 13.1. The molecule has 2 aromatic carbocycles. The Balaban J connectivity index is 1.25. The molecule has 1 aromatic heterocycles.